The zero-order valence-corrected chi connectivity index (χ0v) is 23.0. The smallest absolute Gasteiger partial charge is 0.272 e. The number of benzene rings is 2. The van der Waals surface area contributed by atoms with E-state index in [1.165, 1.54) is 0 Å². The fraction of sp³-hybridized carbons (Fsp3) is 0.484. The lowest BCUT2D eigenvalue weighted by Gasteiger charge is -2.29. The Kier molecular flexibility index (Phi) is 8.65. The molecule has 4 rings (SSSR count). The highest BCUT2D eigenvalue weighted by atomic mass is 16.2. The van der Waals surface area contributed by atoms with Gasteiger partial charge in [0.15, 0.2) is 0 Å². The van der Waals surface area contributed by atoms with Gasteiger partial charge in [-0.3, -0.25) is 14.4 Å². The van der Waals surface area contributed by atoms with Gasteiger partial charge in [-0.25, -0.2) is 4.99 Å². The maximum atomic E-state index is 13.9. The molecule has 1 unspecified atom stereocenters. The Labute approximate surface area is 226 Å². The molecule has 2 aliphatic rings. The maximum Gasteiger partial charge on any atom is 0.272 e. The highest BCUT2D eigenvalue weighted by molar-refractivity contribution is 6.20. The summed E-state index contributed by atoms with van der Waals surface area (Å²) in [5.74, 6) is -0.451. The van der Waals surface area contributed by atoms with E-state index in [9.17, 15) is 14.4 Å². The van der Waals surface area contributed by atoms with Crippen molar-refractivity contribution in [2.45, 2.75) is 78.4 Å². The van der Waals surface area contributed by atoms with Gasteiger partial charge in [0.2, 0.25) is 18.0 Å². The van der Waals surface area contributed by atoms with Gasteiger partial charge >= 0.3 is 0 Å². The molecule has 1 aliphatic carbocycles. The van der Waals surface area contributed by atoms with E-state index in [0.29, 0.717) is 24.6 Å². The van der Waals surface area contributed by atoms with Gasteiger partial charge in [0.25, 0.3) is 5.91 Å². The number of carbonyl (C=O) groups excluding carboxylic acids is 3. The van der Waals surface area contributed by atoms with Crippen molar-refractivity contribution < 1.29 is 14.4 Å². The average molecular weight is 517 g/mol. The average Bonchev–Trinajstić information content (AvgIpc) is 3.35. The Morgan fingerprint density at radius 1 is 1.03 bits per heavy atom. The molecule has 1 fully saturated rings. The monoisotopic (exact) mass is 516 g/mol. The zero-order chi connectivity index (χ0) is 27.3. The molecule has 3 amide bonds. The first-order chi connectivity index (χ1) is 18.1. The fourth-order valence-electron chi connectivity index (χ4n) is 5.13. The van der Waals surface area contributed by atoms with Gasteiger partial charge in [0, 0.05) is 24.1 Å². The lowest BCUT2D eigenvalue weighted by molar-refractivity contribution is -0.131. The molecule has 2 N–H and O–H groups in total. The van der Waals surface area contributed by atoms with Gasteiger partial charge in [-0.15, -0.1) is 0 Å². The van der Waals surface area contributed by atoms with E-state index in [-0.39, 0.29) is 17.2 Å². The van der Waals surface area contributed by atoms with Crippen LogP contribution in [0.25, 0.3) is 0 Å². The lowest BCUT2D eigenvalue weighted by Crippen LogP contribution is -2.53. The predicted octanol–water partition coefficient (Wildman–Crippen LogP) is 4.83. The predicted molar refractivity (Wildman–Crippen MR) is 151 cm³/mol. The van der Waals surface area contributed by atoms with Crippen LogP contribution in [-0.2, 0) is 14.4 Å². The van der Waals surface area contributed by atoms with Crippen molar-refractivity contribution in [2.75, 3.05) is 11.4 Å². The van der Waals surface area contributed by atoms with Crippen molar-refractivity contribution in [1.82, 2.24) is 10.6 Å². The Bertz CT molecular complexity index is 1180. The largest absolute Gasteiger partial charge is 0.345 e. The molecule has 0 spiro atoms. The van der Waals surface area contributed by atoms with E-state index in [2.05, 4.69) is 31.4 Å². The first-order valence-electron chi connectivity index (χ1n) is 13.8. The molecule has 7 nitrogen and oxygen atoms in total. The molecule has 0 radical (unpaired) electrons. The number of carbonyl (C=O) groups is 3. The second-order valence-corrected chi connectivity index (χ2v) is 11.7. The third-order valence-electron chi connectivity index (χ3n) is 7.34. The molecule has 7 heteroatoms. The molecular formula is C31H40N4O3. The fourth-order valence-corrected chi connectivity index (χ4v) is 5.13. The van der Waals surface area contributed by atoms with Crippen LogP contribution in [0.3, 0.4) is 0 Å². The van der Waals surface area contributed by atoms with E-state index in [1.807, 2.05) is 54.6 Å². The Morgan fingerprint density at radius 3 is 2.37 bits per heavy atom. The molecule has 0 saturated heterocycles. The molecule has 1 saturated carbocycles. The molecule has 0 aromatic heterocycles. The second kappa shape index (κ2) is 11.9. The van der Waals surface area contributed by atoms with Crippen LogP contribution in [0.15, 0.2) is 59.6 Å². The van der Waals surface area contributed by atoms with Crippen LogP contribution in [0.4, 0.5) is 5.69 Å². The summed E-state index contributed by atoms with van der Waals surface area (Å²) in [5.41, 5.74) is 3.15. The Hall–Kier alpha value is -3.48. The summed E-state index contributed by atoms with van der Waals surface area (Å²) in [6.07, 6.45) is 4.55. The number of rotatable bonds is 8. The lowest BCUT2D eigenvalue weighted by atomic mass is 9.91. The number of nitrogens with one attached hydrogen (secondary N) is 2. The van der Waals surface area contributed by atoms with E-state index in [0.717, 1.165) is 48.9 Å². The van der Waals surface area contributed by atoms with Crippen molar-refractivity contribution in [3.8, 4) is 0 Å². The third kappa shape index (κ3) is 6.88. The summed E-state index contributed by atoms with van der Waals surface area (Å²) < 4.78 is 0. The normalized spacial score (nSPS) is 18.8. The summed E-state index contributed by atoms with van der Waals surface area (Å²) in [6, 6.07) is 16.7. The van der Waals surface area contributed by atoms with Gasteiger partial charge in [0.1, 0.15) is 6.04 Å². The highest BCUT2D eigenvalue weighted by Crippen LogP contribution is 2.30. The maximum absolute atomic E-state index is 13.9. The van der Waals surface area contributed by atoms with Gasteiger partial charge in [0.05, 0.1) is 11.4 Å². The molecular weight excluding hydrogens is 476 g/mol. The number of para-hydroxylation sites is 1. The van der Waals surface area contributed by atoms with Gasteiger partial charge in [-0.1, -0.05) is 82.1 Å². The second-order valence-electron chi connectivity index (χ2n) is 11.7. The molecule has 1 aliphatic heterocycles. The SMILES string of the molecule is C[C@H](NC(=O)CC1CCCC1)C(=O)NC1N=C(c2ccccc2)c2ccccc2N(CCC(C)(C)C)C1=O. The third-order valence-corrected chi connectivity index (χ3v) is 7.34. The van der Waals surface area contributed by atoms with E-state index in [4.69, 9.17) is 4.99 Å². The molecule has 2 aromatic rings. The quantitative estimate of drug-likeness (QED) is 0.526. The van der Waals surface area contributed by atoms with E-state index >= 15 is 0 Å². The minimum absolute atomic E-state index is 0.0154. The zero-order valence-electron chi connectivity index (χ0n) is 23.0. The van der Waals surface area contributed by atoms with E-state index in [1.54, 1.807) is 11.8 Å². The van der Waals surface area contributed by atoms with Crippen LogP contribution in [0.2, 0.25) is 0 Å². The van der Waals surface area contributed by atoms with Crippen molar-refractivity contribution in [1.29, 1.82) is 0 Å². The minimum Gasteiger partial charge on any atom is -0.345 e. The highest BCUT2D eigenvalue weighted by Gasteiger charge is 2.34. The molecule has 2 aromatic carbocycles. The summed E-state index contributed by atoms with van der Waals surface area (Å²) >= 11 is 0. The van der Waals surface area contributed by atoms with Crippen LogP contribution in [0.1, 0.15) is 77.3 Å². The van der Waals surface area contributed by atoms with Gasteiger partial charge in [-0.2, -0.15) is 0 Å². The summed E-state index contributed by atoms with van der Waals surface area (Å²) in [6.45, 7) is 8.57. The van der Waals surface area contributed by atoms with Crippen molar-refractivity contribution in [3.05, 3.63) is 65.7 Å². The van der Waals surface area contributed by atoms with E-state index < -0.39 is 18.1 Å². The number of nitrogens with zero attached hydrogens (tertiary/aromatic N) is 2. The van der Waals surface area contributed by atoms with Gasteiger partial charge in [-0.05, 0) is 43.6 Å². The summed E-state index contributed by atoms with van der Waals surface area (Å²) in [4.78, 5) is 46.3. The molecule has 1 heterocycles. The van der Waals surface area contributed by atoms with Crippen molar-refractivity contribution >= 4 is 29.1 Å². The standard InChI is InChI=1S/C31H40N4O3/c1-21(32-26(36)20-22-12-8-9-13-22)29(37)34-28-30(38)35(19-18-31(2,3)4)25-17-11-10-16-24(25)27(33-28)23-14-6-5-7-15-23/h5-7,10-11,14-17,21-22,28H,8-9,12-13,18-20H2,1-4H3,(H,32,36)(H,34,37)/t21-,28?/m0/s1. The Balaban J connectivity index is 1.61. The number of fused-ring (bicyclic) bond motifs is 1. The van der Waals surface area contributed by atoms with Crippen LogP contribution in [0, 0.1) is 11.3 Å². The van der Waals surface area contributed by atoms with Crippen LogP contribution in [-0.4, -0.2) is 42.2 Å². The number of aliphatic imine (C=N–C) groups is 1. The first kappa shape index (κ1) is 27.6. The van der Waals surface area contributed by atoms with Crippen LogP contribution >= 0.6 is 0 Å². The number of amides is 3. The van der Waals surface area contributed by atoms with Crippen LogP contribution < -0.4 is 15.5 Å². The topological polar surface area (TPSA) is 90.9 Å². The summed E-state index contributed by atoms with van der Waals surface area (Å²) in [7, 11) is 0. The number of anilines is 1. The Morgan fingerprint density at radius 2 is 1.68 bits per heavy atom. The van der Waals surface area contributed by atoms with Gasteiger partial charge < -0.3 is 15.5 Å². The summed E-state index contributed by atoms with van der Waals surface area (Å²) in [5, 5.41) is 5.66. The number of hydrogen-bond acceptors (Lipinski definition) is 4. The van der Waals surface area contributed by atoms with Crippen molar-refractivity contribution in [2.24, 2.45) is 16.3 Å². The molecule has 0 bridgehead atoms. The van der Waals surface area contributed by atoms with Crippen molar-refractivity contribution in [3.63, 3.8) is 0 Å². The number of hydrogen-bond donors (Lipinski definition) is 2. The molecule has 202 valence electrons. The first-order valence-corrected chi connectivity index (χ1v) is 13.8. The molecule has 2 atom stereocenters. The van der Waals surface area contributed by atoms with Crippen LogP contribution in [0.5, 0.6) is 0 Å². The molecule has 38 heavy (non-hydrogen) atoms. The minimum atomic E-state index is -1.11. The number of benzodiazepines with no additional fused rings is 1.